The maximum absolute atomic E-state index is 11.4. The van der Waals surface area contributed by atoms with Crippen molar-refractivity contribution in [3.63, 3.8) is 0 Å². The van der Waals surface area contributed by atoms with Crippen LogP contribution in [0.2, 0.25) is 0 Å². The van der Waals surface area contributed by atoms with Gasteiger partial charge < -0.3 is 14.8 Å². The van der Waals surface area contributed by atoms with Gasteiger partial charge in [0.1, 0.15) is 12.4 Å². The first-order valence-corrected chi connectivity index (χ1v) is 12.2. The molecule has 0 spiro atoms. The number of sulfone groups is 1. The van der Waals surface area contributed by atoms with E-state index >= 15 is 0 Å². The lowest BCUT2D eigenvalue weighted by Gasteiger charge is -2.20. The zero-order valence-electron chi connectivity index (χ0n) is 17.0. The fourth-order valence-electron chi connectivity index (χ4n) is 2.70. The van der Waals surface area contributed by atoms with Gasteiger partial charge in [0.2, 0.25) is 0 Å². The lowest BCUT2D eigenvalue weighted by molar-refractivity contribution is -0.131. The first-order valence-electron chi connectivity index (χ1n) is 9.46. The molecule has 0 amide bonds. The van der Waals surface area contributed by atoms with Crippen LogP contribution in [0.3, 0.4) is 0 Å². The number of thiazole rings is 1. The Morgan fingerprint density at radius 2 is 1.90 bits per heavy atom. The van der Waals surface area contributed by atoms with Gasteiger partial charge in [0.05, 0.1) is 21.7 Å². The van der Waals surface area contributed by atoms with Gasteiger partial charge in [0.25, 0.3) is 6.47 Å². The summed E-state index contributed by atoms with van der Waals surface area (Å²) in [4.78, 5) is 14.4. The largest absolute Gasteiger partial charge is 0.487 e. The zero-order valence-corrected chi connectivity index (χ0v) is 18.6. The smallest absolute Gasteiger partial charge is 0.293 e. The predicted molar refractivity (Wildman–Crippen MR) is 113 cm³/mol. The van der Waals surface area contributed by atoms with Gasteiger partial charge in [-0.2, -0.15) is 0 Å². The predicted octanol–water partition coefficient (Wildman–Crippen LogP) is 3.16. The van der Waals surface area contributed by atoms with Gasteiger partial charge in [-0.15, -0.1) is 11.3 Å². The molecule has 0 radical (unpaired) electrons. The topological polar surface area (TPSA) is 94.6 Å². The lowest BCUT2D eigenvalue weighted by atomic mass is 9.99. The Morgan fingerprint density at radius 1 is 1.24 bits per heavy atom. The van der Waals surface area contributed by atoms with E-state index in [2.05, 4.69) is 15.0 Å². The molecule has 0 saturated carbocycles. The molecule has 9 heteroatoms. The number of benzene rings is 1. The fraction of sp³-hybridized carbons (Fsp3) is 0.500. The van der Waals surface area contributed by atoms with E-state index in [4.69, 9.17) is 4.74 Å². The summed E-state index contributed by atoms with van der Waals surface area (Å²) in [5, 5.41) is 6.60. The third-order valence-corrected chi connectivity index (χ3v) is 6.41. The van der Waals surface area contributed by atoms with Crippen LogP contribution >= 0.6 is 11.3 Å². The number of piperidine rings is 1. The van der Waals surface area contributed by atoms with E-state index < -0.39 is 9.84 Å². The second-order valence-corrected chi connectivity index (χ2v) is 9.92. The molecule has 0 aliphatic carbocycles. The van der Waals surface area contributed by atoms with Crippen LogP contribution in [0.5, 0.6) is 5.75 Å². The van der Waals surface area contributed by atoms with Crippen molar-refractivity contribution >= 4 is 27.6 Å². The summed E-state index contributed by atoms with van der Waals surface area (Å²) in [5.41, 5.74) is 0.927. The molecule has 0 bridgehead atoms. The molecule has 1 aromatic heterocycles. The second-order valence-electron chi connectivity index (χ2n) is 7.01. The average Bonchev–Trinajstić information content (AvgIpc) is 3.16. The average molecular weight is 441 g/mol. The van der Waals surface area contributed by atoms with Crippen LogP contribution in [0, 0.1) is 0 Å². The quantitative estimate of drug-likeness (QED) is 0.661. The third kappa shape index (κ3) is 8.12. The van der Waals surface area contributed by atoms with Gasteiger partial charge in [-0.05, 0) is 64.0 Å². The SMILES string of the molecule is CC(C)OC=O.CS(=O)(=O)c1ccc(OCc2csc(C3CCNCC3)n2)cc1. The first-order chi connectivity index (χ1) is 13.8. The number of rotatable bonds is 7. The van der Waals surface area contributed by atoms with Crippen molar-refractivity contribution < 1.29 is 22.7 Å². The molecular weight excluding hydrogens is 412 g/mol. The Bertz CT molecular complexity index is 857. The van der Waals surface area contributed by atoms with Crippen LogP contribution in [0.25, 0.3) is 0 Å². The molecule has 29 heavy (non-hydrogen) atoms. The van der Waals surface area contributed by atoms with Gasteiger partial charge in [0.15, 0.2) is 9.84 Å². The van der Waals surface area contributed by atoms with Crippen LogP contribution in [0.4, 0.5) is 0 Å². The van der Waals surface area contributed by atoms with Gasteiger partial charge >= 0.3 is 0 Å². The molecule has 3 rings (SSSR count). The maximum Gasteiger partial charge on any atom is 0.293 e. The zero-order chi connectivity index (χ0) is 21.3. The highest BCUT2D eigenvalue weighted by atomic mass is 32.2. The summed E-state index contributed by atoms with van der Waals surface area (Å²) in [5.74, 6) is 1.21. The van der Waals surface area contributed by atoms with Crippen LogP contribution in [-0.4, -0.2) is 45.3 Å². The van der Waals surface area contributed by atoms with Crippen molar-refractivity contribution in [1.29, 1.82) is 0 Å². The molecule has 2 aromatic rings. The molecule has 1 N–H and O–H groups in total. The Morgan fingerprint density at radius 3 is 2.41 bits per heavy atom. The first kappa shape index (κ1) is 23.3. The molecule has 1 saturated heterocycles. The van der Waals surface area contributed by atoms with E-state index in [-0.39, 0.29) is 6.10 Å². The number of nitrogens with one attached hydrogen (secondary N) is 1. The molecule has 1 aliphatic rings. The Kier molecular flexibility index (Phi) is 9.06. The summed E-state index contributed by atoms with van der Waals surface area (Å²) in [6.45, 7) is 6.57. The molecule has 1 fully saturated rings. The highest BCUT2D eigenvalue weighted by Crippen LogP contribution is 2.28. The van der Waals surface area contributed by atoms with Crippen molar-refractivity contribution in [2.24, 2.45) is 0 Å². The number of hydrogen-bond acceptors (Lipinski definition) is 8. The summed E-state index contributed by atoms with van der Waals surface area (Å²) >= 11 is 1.70. The maximum atomic E-state index is 11.4. The van der Waals surface area contributed by atoms with Gasteiger partial charge in [0, 0.05) is 17.6 Å². The van der Waals surface area contributed by atoms with Crippen molar-refractivity contribution in [2.75, 3.05) is 19.3 Å². The summed E-state index contributed by atoms with van der Waals surface area (Å²) in [6, 6.07) is 6.48. The molecule has 2 heterocycles. The normalized spacial score (nSPS) is 14.8. The Labute approximate surface area is 176 Å². The Balaban J connectivity index is 0.000000438. The van der Waals surface area contributed by atoms with E-state index in [1.165, 1.54) is 11.3 Å². The number of nitrogens with zero attached hydrogens (tertiary/aromatic N) is 1. The molecule has 1 aromatic carbocycles. The minimum atomic E-state index is -3.17. The van der Waals surface area contributed by atoms with E-state index in [0.29, 0.717) is 29.6 Å². The summed E-state index contributed by atoms with van der Waals surface area (Å²) in [6.07, 6.45) is 3.50. The molecule has 7 nitrogen and oxygen atoms in total. The Hall–Kier alpha value is -1.97. The van der Waals surface area contributed by atoms with Crippen molar-refractivity contribution in [1.82, 2.24) is 10.3 Å². The number of carbonyl (C=O) groups is 1. The monoisotopic (exact) mass is 440 g/mol. The second kappa shape index (κ2) is 11.3. The molecule has 160 valence electrons. The molecular formula is C20H28N2O5S2. The van der Waals surface area contributed by atoms with Crippen LogP contribution in [0.15, 0.2) is 34.5 Å². The van der Waals surface area contributed by atoms with Gasteiger partial charge in [-0.3, -0.25) is 4.79 Å². The fourth-order valence-corrected chi connectivity index (χ4v) is 4.30. The van der Waals surface area contributed by atoms with Crippen LogP contribution < -0.4 is 10.1 Å². The number of aromatic nitrogens is 1. The number of hydrogen-bond donors (Lipinski definition) is 1. The minimum Gasteiger partial charge on any atom is -0.487 e. The van der Waals surface area contributed by atoms with Crippen molar-refractivity contribution in [2.45, 2.75) is 50.2 Å². The van der Waals surface area contributed by atoms with E-state index in [1.807, 2.05) is 5.38 Å². The minimum absolute atomic E-state index is 0.0301. The molecule has 0 unspecified atom stereocenters. The highest BCUT2D eigenvalue weighted by Gasteiger charge is 2.18. The van der Waals surface area contributed by atoms with Gasteiger partial charge in [-0.1, -0.05) is 0 Å². The number of ether oxygens (including phenoxy) is 2. The van der Waals surface area contributed by atoms with Crippen molar-refractivity contribution in [3.8, 4) is 5.75 Å². The number of carbonyl (C=O) groups excluding carboxylic acids is 1. The van der Waals surface area contributed by atoms with Crippen LogP contribution in [0.1, 0.15) is 43.3 Å². The van der Waals surface area contributed by atoms with E-state index in [1.54, 1.807) is 49.4 Å². The van der Waals surface area contributed by atoms with Crippen molar-refractivity contribution in [3.05, 3.63) is 40.3 Å². The van der Waals surface area contributed by atoms with E-state index in [0.717, 1.165) is 31.6 Å². The third-order valence-electron chi connectivity index (χ3n) is 4.22. The summed E-state index contributed by atoms with van der Waals surface area (Å²) < 4.78 is 32.9. The summed E-state index contributed by atoms with van der Waals surface area (Å²) in [7, 11) is -3.17. The lowest BCUT2D eigenvalue weighted by Crippen LogP contribution is -2.26. The van der Waals surface area contributed by atoms with Crippen LogP contribution in [-0.2, 0) is 26.0 Å². The molecule has 1 aliphatic heterocycles. The molecule has 0 atom stereocenters. The highest BCUT2D eigenvalue weighted by molar-refractivity contribution is 7.90. The van der Waals surface area contributed by atoms with Gasteiger partial charge in [-0.25, -0.2) is 13.4 Å². The standard InChI is InChI=1S/C16H20N2O3S2.C4H8O2/c1-23(19,20)15-4-2-14(3-5-15)21-10-13-11-22-16(18-13)12-6-8-17-9-7-12;1-4(2)6-3-5/h2-5,11-12,17H,6-10H2,1H3;3-4H,1-2H3. The van der Waals surface area contributed by atoms with E-state index in [9.17, 15) is 13.2 Å².